The molecule has 0 spiro atoms. The van der Waals surface area contributed by atoms with Crippen LogP contribution in [-0.2, 0) is 29.6 Å². The van der Waals surface area contributed by atoms with Gasteiger partial charge in [-0.25, -0.2) is 0 Å². The van der Waals surface area contributed by atoms with E-state index in [0.29, 0.717) is 19.8 Å². The summed E-state index contributed by atoms with van der Waals surface area (Å²) in [7, 11) is 1.91. The number of aromatic nitrogens is 3. The highest BCUT2D eigenvalue weighted by Gasteiger charge is 2.37. The SMILES string of the molecule is Cn1nnc2c1CCN(C(=O)C1CC=CC1)C2COCc1ccccc1. The monoisotopic (exact) mass is 352 g/mol. The van der Waals surface area contributed by atoms with Gasteiger partial charge in [-0.15, -0.1) is 5.10 Å². The van der Waals surface area contributed by atoms with Gasteiger partial charge in [0.15, 0.2) is 0 Å². The third-order valence-electron chi connectivity index (χ3n) is 5.28. The van der Waals surface area contributed by atoms with Crippen LogP contribution in [0.4, 0.5) is 0 Å². The average Bonchev–Trinajstić information content (AvgIpc) is 3.33. The molecule has 0 bridgehead atoms. The lowest BCUT2D eigenvalue weighted by molar-refractivity contribution is -0.140. The summed E-state index contributed by atoms with van der Waals surface area (Å²) in [6, 6.07) is 9.92. The summed E-state index contributed by atoms with van der Waals surface area (Å²) >= 11 is 0. The minimum absolute atomic E-state index is 0.0600. The van der Waals surface area contributed by atoms with Gasteiger partial charge in [-0.1, -0.05) is 47.7 Å². The maximum atomic E-state index is 13.0. The third kappa shape index (κ3) is 3.29. The van der Waals surface area contributed by atoms with Gasteiger partial charge in [0.05, 0.1) is 18.9 Å². The molecule has 1 aliphatic carbocycles. The highest BCUT2D eigenvalue weighted by atomic mass is 16.5. The zero-order chi connectivity index (χ0) is 17.9. The number of aryl methyl sites for hydroxylation is 1. The molecule has 1 atom stereocenters. The van der Waals surface area contributed by atoms with Gasteiger partial charge in [0.1, 0.15) is 11.7 Å². The molecule has 2 aromatic rings. The molecule has 1 unspecified atom stereocenters. The molecule has 1 aromatic heterocycles. The van der Waals surface area contributed by atoms with Crippen LogP contribution in [0, 0.1) is 5.92 Å². The van der Waals surface area contributed by atoms with E-state index < -0.39 is 0 Å². The van der Waals surface area contributed by atoms with Crippen molar-refractivity contribution in [3.63, 3.8) is 0 Å². The van der Waals surface area contributed by atoms with E-state index in [1.54, 1.807) is 0 Å². The lowest BCUT2D eigenvalue weighted by Gasteiger charge is -2.36. The van der Waals surface area contributed by atoms with E-state index >= 15 is 0 Å². The van der Waals surface area contributed by atoms with Crippen molar-refractivity contribution >= 4 is 5.91 Å². The smallest absolute Gasteiger partial charge is 0.226 e. The van der Waals surface area contributed by atoms with E-state index in [4.69, 9.17) is 4.74 Å². The van der Waals surface area contributed by atoms with Gasteiger partial charge in [-0.2, -0.15) is 0 Å². The van der Waals surface area contributed by atoms with E-state index in [0.717, 1.165) is 36.2 Å². The van der Waals surface area contributed by atoms with Crippen LogP contribution in [0.1, 0.15) is 35.8 Å². The van der Waals surface area contributed by atoms with Crippen molar-refractivity contribution < 1.29 is 9.53 Å². The Morgan fingerprint density at radius 1 is 1.23 bits per heavy atom. The number of ether oxygens (including phenoxy) is 1. The Balaban J connectivity index is 1.50. The number of carbonyl (C=O) groups excluding carboxylic acids is 1. The molecule has 0 saturated heterocycles. The van der Waals surface area contributed by atoms with Crippen LogP contribution in [-0.4, -0.2) is 39.0 Å². The van der Waals surface area contributed by atoms with Gasteiger partial charge in [-0.3, -0.25) is 9.48 Å². The predicted octanol–water partition coefficient (Wildman–Crippen LogP) is 2.42. The van der Waals surface area contributed by atoms with Gasteiger partial charge in [-0.05, 0) is 18.4 Å². The first-order valence-electron chi connectivity index (χ1n) is 9.19. The van der Waals surface area contributed by atoms with Crippen LogP contribution < -0.4 is 0 Å². The van der Waals surface area contributed by atoms with E-state index in [9.17, 15) is 4.79 Å². The summed E-state index contributed by atoms with van der Waals surface area (Å²) in [4.78, 5) is 15.0. The molecule has 0 radical (unpaired) electrons. The molecule has 136 valence electrons. The number of benzene rings is 1. The zero-order valence-electron chi connectivity index (χ0n) is 15.0. The van der Waals surface area contributed by atoms with Crippen molar-refractivity contribution in [2.24, 2.45) is 13.0 Å². The van der Waals surface area contributed by atoms with Gasteiger partial charge < -0.3 is 9.64 Å². The van der Waals surface area contributed by atoms with Gasteiger partial charge in [0.2, 0.25) is 5.91 Å². The number of carbonyl (C=O) groups is 1. The van der Waals surface area contributed by atoms with Crippen molar-refractivity contribution in [1.82, 2.24) is 19.9 Å². The molecule has 26 heavy (non-hydrogen) atoms. The minimum Gasteiger partial charge on any atom is -0.374 e. The van der Waals surface area contributed by atoms with Crippen molar-refractivity contribution in [3.05, 3.63) is 59.4 Å². The van der Waals surface area contributed by atoms with Crippen molar-refractivity contribution in [3.8, 4) is 0 Å². The number of fused-ring (bicyclic) bond motifs is 1. The molecule has 1 amide bonds. The maximum Gasteiger partial charge on any atom is 0.226 e. The Hall–Kier alpha value is -2.47. The quantitative estimate of drug-likeness (QED) is 0.776. The number of rotatable bonds is 5. The van der Waals surface area contributed by atoms with Crippen LogP contribution in [0.25, 0.3) is 0 Å². The molecule has 2 heterocycles. The van der Waals surface area contributed by atoms with E-state index in [2.05, 4.69) is 22.5 Å². The summed E-state index contributed by atoms with van der Waals surface area (Å²) in [6.07, 6.45) is 6.66. The number of nitrogens with zero attached hydrogens (tertiary/aromatic N) is 4. The Bertz CT molecular complexity index is 791. The fraction of sp³-hybridized carbons (Fsp3) is 0.450. The first kappa shape index (κ1) is 17.0. The van der Waals surface area contributed by atoms with Crippen LogP contribution in [0.3, 0.4) is 0 Å². The Labute approximate surface area is 153 Å². The van der Waals surface area contributed by atoms with Gasteiger partial charge >= 0.3 is 0 Å². The second-order valence-electron chi connectivity index (χ2n) is 6.98. The average molecular weight is 352 g/mol. The van der Waals surface area contributed by atoms with Crippen LogP contribution in [0.2, 0.25) is 0 Å². The third-order valence-corrected chi connectivity index (χ3v) is 5.28. The molecule has 0 fully saturated rings. The first-order valence-corrected chi connectivity index (χ1v) is 9.19. The van der Waals surface area contributed by atoms with Crippen molar-refractivity contribution in [2.45, 2.75) is 31.9 Å². The highest BCUT2D eigenvalue weighted by Crippen LogP contribution is 2.32. The molecule has 4 rings (SSSR count). The summed E-state index contributed by atoms with van der Waals surface area (Å²) in [6.45, 7) is 1.66. The van der Waals surface area contributed by atoms with E-state index in [1.807, 2.05) is 47.0 Å². The lowest BCUT2D eigenvalue weighted by Crippen LogP contribution is -2.44. The molecule has 6 nitrogen and oxygen atoms in total. The standard InChI is InChI=1S/C20H24N4O2/c1-23-17-11-12-24(20(25)16-9-5-6-10-16)18(19(17)21-22-23)14-26-13-15-7-3-2-4-8-15/h2-8,16,18H,9-14H2,1H3. The Morgan fingerprint density at radius 2 is 2.00 bits per heavy atom. The fourth-order valence-electron chi connectivity index (χ4n) is 3.82. The normalized spacial score (nSPS) is 19.7. The molecular formula is C20H24N4O2. The summed E-state index contributed by atoms with van der Waals surface area (Å²) < 4.78 is 7.80. The topological polar surface area (TPSA) is 60.2 Å². The van der Waals surface area contributed by atoms with Crippen molar-refractivity contribution in [1.29, 1.82) is 0 Å². The van der Waals surface area contributed by atoms with Crippen LogP contribution in [0.15, 0.2) is 42.5 Å². The Morgan fingerprint density at radius 3 is 2.77 bits per heavy atom. The number of amides is 1. The summed E-state index contributed by atoms with van der Waals surface area (Å²) in [5.74, 6) is 0.268. The fourth-order valence-corrected chi connectivity index (χ4v) is 3.82. The summed E-state index contributed by atoms with van der Waals surface area (Å²) in [5.41, 5.74) is 3.11. The molecular weight excluding hydrogens is 328 g/mol. The first-order chi connectivity index (χ1) is 12.7. The number of hydrogen-bond donors (Lipinski definition) is 0. The van der Waals surface area contributed by atoms with E-state index in [-0.39, 0.29) is 17.9 Å². The van der Waals surface area contributed by atoms with Crippen LogP contribution in [0.5, 0.6) is 0 Å². The molecule has 6 heteroatoms. The molecule has 2 aliphatic rings. The molecule has 0 saturated carbocycles. The van der Waals surface area contributed by atoms with Gasteiger partial charge in [0, 0.05) is 25.9 Å². The lowest BCUT2D eigenvalue weighted by atomic mass is 9.98. The molecule has 0 N–H and O–H groups in total. The molecule has 1 aromatic carbocycles. The largest absolute Gasteiger partial charge is 0.374 e. The van der Waals surface area contributed by atoms with E-state index in [1.165, 1.54) is 0 Å². The second kappa shape index (κ2) is 7.41. The summed E-state index contributed by atoms with van der Waals surface area (Å²) in [5, 5.41) is 8.51. The highest BCUT2D eigenvalue weighted by molar-refractivity contribution is 5.80. The number of allylic oxidation sites excluding steroid dienone is 2. The molecule has 1 aliphatic heterocycles. The predicted molar refractivity (Wildman–Crippen MR) is 97.1 cm³/mol. The second-order valence-corrected chi connectivity index (χ2v) is 6.98. The van der Waals surface area contributed by atoms with Gasteiger partial charge in [0.25, 0.3) is 0 Å². The maximum absolute atomic E-state index is 13.0. The minimum atomic E-state index is -0.163. The van der Waals surface area contributed by atoms with Crippen molar-refractivity contribution in [2.75, 3.05) is 13.2 Å². The van der Waals surface area contributed by atoms with Crippen LogP contribution >= 0.6 is 0 Å². The Kier molecular flexibility index (Phi) is 4.84. The zero-order valence-corrected chi connectivity index (χ0v) is 15.0. The number of hydrogen-bond acceptors (Lipinski definition) is 4.